The Morgan fingerprint density at radius 2 is 1.05 bits per heavy atom. The molecule has 20 heavy (non-hydrogen) atoms. The van der Waals surface area contributed by atoms with Gasteiger partial charge in [0.2, 0.25) is 0 Å². The molecule has 0 aromatic carbocycles. The van der Waals surface area contributed by atoms with E-state index in [0.717, 1.165) is 12.8 Å². The van der Waals surface area contributed by atoms with Crippen molar-refractivity contribution in [1.29, 1.82) is 0 Å². The van der Waals surface area contributed by atoms with Crippen molar-refractivity contribution in [3.8, 4) is 0 Å². The van der Waals surface area contributed by atoms with Gasteiger partial charge in [-0.2, -0.15) is 0 Å². The van der Waals surface area contributed by atoms with Crippen LogP contribution in [0.1, 0.15) is 72.1 Å². The van der Waals surface area contributed by atoms with Crippen molar-refractivity contribution in [3.05, 3.63) is 0 Å². The molecule has 0 heterocycles. The average molecular weight is 347 g/mol. The quantitative estimate of drug-likeness (QED) is 0.355. The Labute approximate surface area is 143 Å². The van der Waals surface area contributed by atoms with E-state index >= 15 is 0 Å². The predicted molar refractivity (Wildman–Crippen MR) is 89.2 cm³/mol. The maximum Gasteiger partial charge on any atom is 0.108 e. The summed E-state index contributed by atoms with van der Waals surface area (Å²) in [5.74, 6) is 0. The van der Waals surface area contributed by atoms with Gasteiger partial charge in [0.25, 0.3) is 0 Å². The average Bonchev–Trinajstić information content (AvgIpc) is 2.39. The summed E-state index contributed by atoms with van der Waals surface area (Å²) in [5.41, 5.74) is 0. The number of alkyl halides is 2. The second-order valence-corrected chi connectivity index (χ2v) is 7.11. The molecule has 1 nitrogen and oxygen atoms in total. The number of hydrogen-bond acceptors (Lipinski definition) is 0. The maximum atomic E-state index is 5.88. The molecule has 0 radical (unpaired) electrons. The molecule has 0 aromatic heterocycles. The minimum Gasteiger partial charge on any atom is -1.00 e. The van der Waals surface area contributed by atoms with Crippen molar-refractivity contribution in [1.82, 2.24) is 0 Å². The lowest BCUT2D eigenvalue weighted by atomic mass is 10.1. The number of rotatable bonds is 13. The van der Waals surface area contributed by atoms with Crippen LogP contribution in [0.15, 0.2) is 0 Å². The van der Waals surface area contributed by atoms with Gasteiger partial charge in [-0.1, -0.05) is 40.0 Å². The van der Waals surface area contributed by atoms with Crippen molar-refractivity contribution in [3.63, 3.8) is 0 Å². The molecular weight excluding hydrogens is 313 g/mol. The van der Waals surface area contributed by atoms with Gasteiger partial charge >= 0.3 is 0 Å². The van der Waals surface area contributed by atoms with E-state index in [0.29, 0.717) is 0 Å². The lowest BCUT2D eigenvalue weighted by Gasteiger charge is -2.39. The van der Waals surface area contributed by atoms with Crippen LogP contribution in [0.2, 0.25) is 0 Å². The number of unbranched alkanes of at least 4 members (excludes halogenated alkanes) is 3. The van der Waals surface area contributed by atoms with Crippen molar-refractivity contribution in [2.75, 3.05) is 26.2 Å². The minimum absolute atomic E-state index is 0. The Hall–Kier alpha value is 0.830. The molecule has 0 rings (SSSR count). The lowest BCUT2D eigenvalue weighted by molar-refractivity contribution is -0.929. The number of quaternary nitrogens is 1. The molecular formula is C16H34Cl3N. The summed E-state index contributed by atoms with van der Waals surface area (Å²) < 4.78 is 1.30. The molecule has 0 aromatic rings. The van der Waals surface area contributed by atoms with E-state index in [1.54, 1.807) is 0 Å². The highest BCUT2D eigenvalue weighted by Gasteiger charge is 2.25. The Bertz CT molecular complexity index is 176. The first-order chi connectivity index (χ1) is 9.10. The van der Waals surface area contributed by atoms with Crippen LogP contribution < -0.4 is 12.4 Å². The zero-order valence-electron chi connectivity index (χ0n) is 13.6. The Morgan fingerprint density at radius 1 is 0.700 bits per heavy atom. The standard InChI is InChI=1S/C16H34Cl2N.ClH/c1-4-7-12-19(13-8-5-2,14-9-6-3)15-10-11-16(17)18;/h16H,4-15H2,1-3H3;1H/q+1;/p-1. The van der Waals surface area contributed by atoms with Crippen LogP contribution in [0.4, 0.5) is 0 Å². The first-order valence-electron chi connectivity index (χ1n) is 8.23. The van der Waals surface area contributed by atoms with Crippen LogP contribution in [-0.4, -0.2) is 35.5 Å². The van der Waals surface area contributed by atoms with E-state index < -0.39 is 0 Å². The zero-order chi connectivity index (χ0) is 14.6. The summed E-state index contributed by atoms with van der Waals surface area (Å²) in [4.78, 5) is -0.189. The van der Waals surface area contributed by atoms with Gasteiger partial charge < -0.3 is 16.9 Å². The van der Waals surface area contributed by atoms with Gasteiger partial charge in [-0.05, 0) is 32.1 Å². The number of hydrogen-bond donors (Lipinski definition) is 0. The Balaban J connectivity index is 0. The second kappa shape index (κ2) is 14.8. The van der Waals surface area contributed by atoms with Crippen LogP contribution >= 0.6 is 23.2 Å². The van der Waals surface area contributed by atoms with Gasteiger partial charge in [0.15, 0.2) is 0 Å². The van der Waals surface area contributed by atoms with Crippen LogP contribution in [0.25, 0.3) is 0 Å². The SMILES string of the molecule is CCCC[N+](CCCC)(CCCC)CCCC(Cl)Cl.[Cl-]. The predicted octanol–water partition coefficient (Wildman–Crippen LogP) is 2.79. The fraction of sp³-hybridized carbons (Fsp3) is 1.00. The fourth-order valence-corrected chi connectivity index (χ4v) is 3.04. The minimum atomic E-state index is -0.189. The molecule has 0 unspecified atom stereocenters. The Kier molecular flexibility index (Phi) is 17.0. The summed E-state index contributed by atoms with van der Waals surface area (Å²) >= 11 is 11.8. The molecule has 0 aliphatic rings. The third-order valence-corrected chi connectivity index (χ3v) is 4.45. The third kappa shape index (κ3) is 11.5. The molecule has 0 atom stereocenters. The smallest absolute Gasteiger partial charge is 0.108 e. The summed E-state index contributed by atoms with van der Waals surface area (Å²) in [6.07, 6.45) is 10.0. The second-order valence-electron chi connectivity index (χ2n) is 5.83. The van der Waals surface area contributed by atoms with Crippen LogP contribution in [0.3, 0.4) is 0 Å². The first-order valence-corrected chi connectivity index (χ1v) is 9.10. The van der Waals surface area contributed by atoms with Crippen LogP contribution in [-0.2, 0) is 0 Å². The molecule has 124 valence electrons. The monoisotopic (exact) mass is 345 g/mol. The maximum absolute atomic E-state index is 5.88. The van der Waals surface area contributed by atoms with Gasteiger partial charge in [-0.15, -0.1) is 23.2 Å². The van der Waals surface area contributed by atoms with E-state index in [1.807, 2.05) is 0 Å². The molecule has 0 aliphatic heterocycles. The number of nitrogens with zero attached hydrogens (tertiary/aromatic N) is 1. The van der Waals surface area contributed by atoms with Gasteiger partial charge in [0.1, 0.15) is 4.84 Å². The highest BCUT2D eigenvalue weighted by Crippen LogP contribution is 2.18. The molecule has 0 amide bonds. The highest BCUT2D eigenvalue weighted by atomic mass is 35.5. The van der Waals surface area contributed by atoms with E-state index in [2.05, 4.69) is 20.8 Å². The number of halogens is 3. The third-order valence-electron chi connectivity index (χ3n) is 4.01. The zero-order valence-corrected chi connectivity index (χ0v) is 15.9. The first kappa shape index (κ1) is 23.1. The van der Waals surface area contributed by atoms with Crippen LogP contribution in [0, 0.1) is 0 Å². The van der Waals surface area contributed by atoms with E-state index in [1.165, 1.54) is 69.2 Å². The van der Waals surface area contributed by atoms with Gasteiger partial charge in [-0.25, -0.2) is 0 Å². The van der Waals surface area contributed by atoms with Crippen LogP contribution in [0.5, 0.6) is 0 Å². The summed E-state index contributed by atoms with van der Waals surface area (Å²) in [6.45, 7) is 12.2. The van der Waals surface area contributed by atoms with Gasteiger partial charge in [-0.3, -0.25) is 0 Å². The lowest BCUT2D eigenvalue weighted by Crippen LogP contribution is -3.00. The molecule has 4 heteroatoms. The molecule has 0 spiro atoms. The summed E-state index contributed by atoms with van der Waals surface area (Å²) in [7, 11) is 0. The van der Waals surface area contributed by atoms with Crippen molar-refractivity contribution < 1.29 is 16.9 Å². The van der Waals surface area contributed by atoms with E-state index in [9.17, 15) is 0 Å². The Morgan fingerprint density at radius 3 is 1.35 bits per heavy atom. The van der Waals surface area contributed by atoms with E-state index in [-0.39, 0.29) is 17.2 Å². The fourth-order valence-electron chi connectivity index (χ4n) is 2.73. The van der Waals surface area contributed by atoms with Crippen molar-refractivity contribution in [2.24, 2.45) is 0 Å². The molecule has 0 saturated carbocycles. The highest BCUT2D eigenvalue weighted by molar-refractivity contribution is 6.44. The molecule has 0 saturated heterocycles. The summed E-state index contributed by atoms with van der Waals surface area (Å²) in [6, 6.07) is 0. The van der Waals surface area contributed by atoms with E-state index in [4.69, 9.17) is 23.2 Å². The van der Waals surface area contributed by atoms with Crippen molar-refractivity contribution >= 4 is 23.2 Å². The van der Waals surface area contributed by atoms with Gasteiger partial charge in [0, 0.05) is 0 Å². The van der Waals surface area contributed by atoms with Crippen molar-refractivity contribution in [2.45, 2.75) is 77.0 Å². The molecule has 0 fully saturated rings. The van der Waals surface area contributed by atoms with Gasteiger partial charge in [0.05, 0.1) is 26.2 Å². The largest absolute Gasteiger partial charge is 1.00 e. The molecule has 0 bridgehead atoms. The normalized spacial score (nSPS) is 11.7. The molecule has 0 N–H and O–H groups in total. The molecule has 0 aliphatic carbocycles. The summed E-state index contributed by atoms with van der Waals surface area (Å²) in [5, 5.41) is 0. The topological polar surface area (TPSA) is 0 Å².